The zero-order valence-corrected chi connectivity index (χ0v) is 22.4. The maximum absolute atomic E-state index is 11.7. The minimum Gasteiger partial charge on any atom is -0.245 e. The summed E-state index contributed by atoms with van der Waals surface area (Å²) in [5, 5.41) is 15.5. The fourth-order valence-corrected chi connectivity index (χ4v) is 2.89. The Morgan fingerprint density at radius 2 is 0.722 bits per heavy atom. The second-order valence-corrected chi connectivity index (χ2v) is 8.19. The number of nitrogens with zero attached hydrogens (tertiary/aromatic N) is 12. The molecule has 36 heavy (non-hydrogen) atoms. The third-order valence-electron chi connectivity index (χ3n) is 4.18. The third-order valence-corrected chi connectivity index (χ3v) is 6.02. The van der Waals surface area contributed by atoms with Gasteiger partial charge in [-0.3, -0.25) is 0 Å². The Bertz CT molecular complexity index is 1390. The molecule has 0 aromatic carbocycles. The molecule has 0 fully saturated rings. The van der Waals surface area contributed by atoms with E-state index in [1.165, 1.54) is 62.7 Å². The van der Waals surface area contributed by atoms with Crippen LogP contribution in [0.3, 0.4) is 0 Å². The number of hydrogen-bond donors (Lipinski definition) is 4. The zero-order chi connectivity index (χ0) is 26.6. The number of aromatic nitrogens is 12. The van der Waals surface area contributed by atoms with Crippen molar-refractivity contribution in [2.24, 2.45) is 28.2 Å². The minimum atomic E-state index is -0.511. The normalized spacial score (nSPS) is 10.3. The summed E-state index contributed by atoms with van der Waals surface area (Å²) in [6, 6.07) is -1.02. The molecule has 18 nitrogen and oxygen atoms in total. The van der Waals surface area contributed by atoms with Crippen molar-refractivity contribution in [1.29, 1.82) is 0 Å². The molecule has 0 saturated heterocycles. The lowest BCUT2D eigenvalue weighted by atomic mass is 11.0. The van der Waals surface area contributed by atoms with Crippen LogP contribution in [0.2, 0.25) is 0 Å². The van der Waals surface area contributed by atoms with Gasteiger partial charge in [0.2, 0.25) is 19.1 Å². The highest BCUT2D eigenvalue weighted by molar-refractivity contribution is 7.71. The number of urea groups is 2. The molecule has 0 saturated carbocycles. The quantitative estimate of drug-likeness (QED) is 0.248. The third kappa shape index (κ3) is 6.15. The maximum Gasteiger partial charge on any atom is 0.353 e. The van der Waals surface area contributed by atoms with Gasteiger partial charge < -0.3 is 0 Å². The SMILES string of the molecule is Cn1ncn(NC(=O)Nn2cnn(C)c2=S)c1=S.Cn1ncn(NC(=O)Nn2cnn(C)c2=S)c1=S. The first kappa shape index (κ1) is 26.6. The average Bonchev–Trinajstić information content (AvgIpc) is 3.53. The zero-order valence-electron chi connectivity index (χ0n) is 19.1. The topological polar surface area (TPSA) is 173 Å². The average molecular weight is 573 g/mol. The number of nitrogens with one attached hydrogen (secondary N) is 4. The summed E-state index contributed by atoms with van der Waals surface area (Å²) in [6.07, 6.45) is 5.57. The van der Waals surface area contributed by atoms with Crippen LogP contribution >= 0.6 is 48.9 Å². The molecule has 0 unspecified atom stereocenters. The lowest BCUT2D eigenvalue weighted by Gasteiger charge is -2.07. The van der Waals surface area contributed by atoms with E-state index in [4.69, 9.17) is 48.9 Å². The van der Waals surface area contributed by atoms with Crippen LogP contribution in [0.1, 0.15) is 0 Å². The van der Waals surface area contributed by atoms with Crippen LogP contribution in [-0.4, -0.2) is 69.9 Å². The summed E-state index contributed by atoms with van der Waals surface area (Å²) in [7, 11) is 6.70. The van der Waals surface area contributed by atoms with Crippen molar-refractivity contribution < 1.29 is 9.59 Å². The standard InChI is InChI=1S/2C7H10N8OS2/c2*1-12-6(17)14(3-8-12)10-5(16)11-15-4-9-13(2)7(15)18/h2*3-4H,1-2H3,(H2,10,11,16). The van der Waals surface area contributed by atoms with E-state index in [0.717, 1.165) is 0 Å². The Morgan fingerprint density at radius 1 is 0.528 bits per heavy atom. The first-order chi connectivity index (χ1) is 17.0. The van der Waals surface area contributed by atoms with E-state index in [1.54, 1.807) is 28.2 Å². The van der Waals surface area contributed by atoms with Crippen molar-refractivity contribution in [1.82, 2.24) is 57.8 Å². The second-order valence-electron chi connectivity index (χ2n) is 6.73. The van der Waals surface area contributed by atoms with Gasteiger partial charge in [0.1, 0.15) is 25.3 Å². The molecule has 22 heteroatoms. The molecule has 0 radical (unpaired) electrons. The minimum absolute atomic E-state index is 0.361. The van der Waals surface area contributed by atoms with Crippen molar-refractivity contribution in [2.75, 3.05) is 21.7 Å². The van der Waals surface area contributed by atoms with Crippen LogP contribution < -0.4 is 21.7 Å². The lowest BCUT2D eigenvalue weighted by molar-refractivity contribution is 0.256. The summed E-state index contributed by atoms with van der Waals surface area (Å²) >= 11 is 20.1. The molecule has 4 heterocycles. The Kier molecular flexibility index (Phi) is 8.23. The molecule has 0 aliphatic carbocycles. The molecule has 4 rings (SSSR count). The van der Waals surface area contributed by atoms with E-state index in [-0.39, 0.29) is 0 Å². The van der Waals surface area contributed by atoms with Crippen molar-refractivity contribution in [3.8, 4) is 0 Å². The molecule has 0 atom stereocenters. The highest BCUT2D eigenvalue weighted by Gasteiger charge is 2.07. The molecular weight excluding hydrogens is 553 g/mol. The molecule has 0 aliphatic rings. The highest BCUT2D eigenvalue weighted by atomic mass is 32.1. The van der Waals surface area contributed by atoms with Crippen LogP contribution in [0.4, 0.5) is 9.59 Å². The number of aryl methyl sites for hydroxylation is 4. The van der Waals surface area contributed by atoms with Gasteiger partial charge in [-0.05, 0) is 48.9 Å². The van der Waals surface area contributed by atoms with E-state index >= 15 is 0 Å². The van der Waals surface area contributed by atoms with Gasteiger partial charge in [-0.15, -0.1) is 0 Å². The molecule has 0 bridgehead atoms. The molecule has 0 aliphatic heterocycles. The Morgan fingerprint density at radius 3 is 0.861 bits per heavy atom. The monoisotopic (exact) mass is 572 g/mol. The highest BCUT2D eigenvalue weighted by Crippen LogP contribution is 1.91. The molecule has 4 aromatic heterocycles. The fourth-order valence-electron chi connectivity index (χ4n) is 2.33. The predicted molar refractivity (Wildman–Crippen MR) is 136 cm³/mol. The van der Waals surface area contributed by atoms with E-state index in [0.29, 0.717) is 19.1 Å². The largest absolute Gasteiger partial charge is 0.353 e. The van der Waals surface area contributed by atoms with Gasteiger partial charge in [0, 0.05) is 28.2 Å². The fraction of sp³-hybridized carbons (Fsp3) is 0.286. The number of amides is 4. The Labute approximate surface area is 222 Å². The number of hydrogen-bond acceptors (Lipinski definition) is 10. The van der Waals surface area contributed by atoms with Crippen LogP contribution in [-0.2, 0) is 28.2 Å². The molecule has 4 aromatic rings. The summed E-state index contributed by atoms with van der Waals surface area (Å²) in [4.78, 5) is 23.3. The number of carbonyl (C=O) groups excluding carboxylic acids is 2. The summed E-state index contributed by atoms with van der Waals surface area (Å²) < 4.78 is 12.5. The first-order valence-corrected chi connectivity index (χ1v) is 11.2. The van der Waals surface area contributed by atoms with E-state index in [1.807, 2.05) is 0 Å². The molecular formula is C14H20N16O2S4. The van der Waals surface area contributed by atoms with Gasteiger partial charge in [-0.1, -0.05) is 0 Å². The Hall–Kier alpha value is -4.02. The van der Waals surface area contributed by atoms with E-state index in [9.17, 15) is 9.59 Å². The van der Waals surface area contributed by atoms with Gasteiger partial charge in [0.05, 0.1) is 0 Å². The number of carbonyl (C=O) groups is 2. The van der Waals surface area contributed by atoms with Crippen molar-refractivity contribution in [3.05, 3.63) is 44.4 Å². The predicted octanol–water partition coefficient (Wildman–Crippen LogP) is 0.246. The summed E-state index contributed by atoms with van der Waals surface area (Å²) in [6.45, 7) is 0. The van der Waals surface area contributed by atoms with Gasteiger partial charge in [0.15, 0.2) is 0 Å². The first-order valence-electron chi connectivity index (χ1n) is 9.56. The molecule has 4 amide bonds. The van der Waals surface area contributed by atoms with Crippen LogP contribution in [0.5, 0.6) is 0 Å². The summed E-state index contributed by atoms with van der Waals surface area (Å²) in [5.74, 6) is 0. The summed E-state index contributed by atoms with van der Waals surface area (Å²) in [5.41, 5.74) is 9.96. The molecule has 0 spiro atoms. The molecule has 192 valence electrons. The van der Waals surface area contributed by atoms with Crippen molar-refractivity contribution in [3.63, 3.8) is 0 Å². The van der Waals surface area contributed by atoms with Gasteiger partial charge in [0.25, 0.3) is 0 Å². The second kappa shape index (κ2) is 11.1. The van der Waals surface area contributed by atoms with Gasteiger partial charge >= 0.3 is 12.1 Å². The van der Waals surface area contributed by atoms with Crippen LogP contribution in [0.25, 0.3) is 0 Å². The van der Waals surface area contributed by atoms with E-state index in [2.05, 4.69) is 42.1 Å². The van der Waals surface area contributed by atoms with Gasteiger partial charge in [-0.2, -0.15) is 20.4 Å². The van der Waals surface area contributed by atoms with Crippen LogP contribution in [0, 0.1) is 19.1 Å². The Balaban J connectivity index is 0.000000201. The maximum atomic E-state index is 11.7. The van der Waals surface area contributed by atoms with Crippen molar-refractivity contribution >= 4 is 60.9 Å². The smallest absolute Gasteiger partial charge is 0.245 e. The van der Waals surface area contributed by atoms with Gasteiger partial charge in [-0.25, -0.2) is 68.7 Å². The molecule has 4 N–H and O–H groups in total. The van der Waals surface area contributed by atoms with Crippen LogP contribution in [0.15, 0.2) is 25.3 Å². The van der Waals surface area contributed by atoms with Crippen molar-refractivity contribution in [2.45, 2.75) is 0 Å². The lowest BCUT2D eigenvalue weighted by Crippen LogP contribution is -2.32. The number of rotatable bonds is 4. The van der Waals surface area contributed by atoms with E-state index < -0.39 is 12.1 Å².